The standard InChI is InChI=1S/C12H20ClN3O3S2/c1-10(17)16(9-8-15(2)3)7-6-14-21(18,19)12-5-4-11(13)20-12/h4-5,14H,6-9H2,1-3H3. The van der Waals surface area contributed by atoms with Crippen molar-refractivity contribution < 1.29 is 13.2 Å². The fraction of sp³-hybridized carbons (Fsp3) is 0.583. The van der Waals surface area contributed by atoms with E-state index in [0.29, 0.717) is 17.4 Å². The van der Waals surface area contributed by atoms with Gasteiger partial charge in [0.15, 0.2) is 0 Å². The molecule has 0 aliphatic rings. The Hall–Kier alpha value is -0.670. The highest BCUT2D eigenvalue weighted by Gasteiger charge is 2.17. The number of carbonyl (C=O) groups excluding carboxylic acids is 1. The van der Waals surface area contributed by atoms with Crippen LogP contribution in [-0.4, -0.2) is 64.4 Å². The summed E-state index contributed by atoms with van der Waals surface area (Å²) in [6, 6.07) is 3.00. The van der Waals surface area contributed by atoms with Gasteiger partial charge in [0.05, 0.1) is 4.34 Å². The normalized spacial score (nSPS) is 11.9. The lowest BCUT2D eigenvalue weighted by molar-refractivity contribution is -0.128. The van der Waals surface area contributed by atoms with E-state index in [-0.39, 0.29) is 16.7 Å². The SMILES string of the molecule is CC(=O)N(CCNS(=O)(=O)c1ccc(Cl)s1)CCN(C)C. The number of sulfonamides is 1. The molecule has 1 rings (SSSR count). The second-order valence-corrected chi connectivity index (χ2v) is 8.47. The maximum absolute atomic E-state index is 12.0. The van der Waals surface area contributed by atoms with Crippen molar-refractivity contribution in [2.75, 3.05) is 40.3 Å². The first kappa shape index (κ1) is 18.4. The van der Waals surface area contributed by atoms with Crippen LogP contribution in [-0.2, 0) is 14.8 Å². The Balaban J connectivity index is 2.51. The summed E-state index contributed by atoms with van der Waals surface area (Å²) in [5, 5.41) is 0. The summed E-state index contributed by atoms with van der Waals surface area (Å²) in [5.74, 6) is -0.0739. The quantitative estimate of drug-likeness (QED) is 0.759. The van der Waals surface area contributed by atoms with E-state index in [2.05, 4.69) is 4.72 Å². The Labute approximate surface area is 134 Å². The van der Waals surface area contributed by atoms with E-state index in [4.69, 9.17) is 11.6 Å². The van der Waals surface area contributed by atoms with E-state index in [1.807, 2.05) is 19.0 Å². The van der Waals surface area contributed by atoms with Crippen molar-refractivity contribution in [1.82, 2.24) is 14.5 Å². The summed E-state index contributed by atoms with van der Waals surface area (Å²) in [5.41, 5.74) is 0. The third-order valence-corrected chi connectivity index (χ3v) is 5.93. The number of rotatable bonds is 8. The number of hydrogen-bond acceptors (Lipinski definition) is 5. The average Bonchev–Trinajstić information content (AvgIpc) is 2.80. The van der Waals surface area contributed by atoms with E-state index < -0.39 is 10.0 Å². The predicted octanol–water partition coefficient (Wildman–Crippen LogP) is 1.09. The molecule has 0 aromatic carbocycles. The Morgan fingerprint density at radius 2 is 1.95 bits per heavy atom. The first-order valence-electron chi connectivity index (χ1n) is 6.37. The number of likely N-dealkylation sites (N-methyl/N-ethyl adjacent to an activating group) is 1. The van der Waals surface area contributed by atoms with Gasteiger partial charge in [-0.25, -0.2) is 13.1 Å². The number of thiophene rings is 1. The molecule has 120 valence electrons. The van der Waals surface area contributed by atoms with Gasteiger partial charge in [-0.15, -0.1) is 11.3 Å². The fourth-order valence-electron chi connectivity index (χ4n) is 1.58. The molecule has 0 aliphatic carbocycles. The number of nitrogens with zero attached hydrogens (tertiary/aromatic N) is 2. The van der Waals surface area contributed by atoms with Crippen molar-refractivity contribution in [3.8, 4) is 0 Å². The van der Waals surface area contributed by atoms with Crippen LogP contribution in [0.3, 0.4) is 0 Å². The van der Waals surface area contributed by atoms with Gasteiger partial charge in [-0.3, -0.25) is 4.79 Å². The Morgan fingerprint density at radius 3 is 2.43 bits per heavy atom. The third kappa shape index (κ3) is 6.31. The molecule has 0 saturated carbocycles. The lowest BCUT2D eigenvalue weighted by atomic mass is 10.4. The van der Waals surface area contributed by atoms with E-state index in [9.17, 15) is 13.2 Å². The van der Waals surface area contributed by atoms with Crippen molar-refractivity contribution in [3.05, 3.63) is 16.5 Å². The van der Waals surface area contributed by atoms with E-state index >= 15 is 0 Å². The summed E-state index contributed by atoms with van der Waals surface area (Å²) in [6.07, 6.45) is 0. The minimum atomic E-state index is -3.56. The molecule has 1 amide bonds. The van der Waals surface area contributed by atoms with Crippen LogP contribution in [0.15, 0.2) is 16.3 Å². The van der Waals surface area contributed by atoms with Crippen LogP contribution in [0.25, 0.3) is 0 Å². The molecule has 21 heavy (non-hydrogen) atoms. The second-order valence-electron chi connectivity index (χ2n) is 4.77. The van der Waals surface area contributed by atoms with Crippen molar-refractivity contribution >= 4 is 38.9 Å². The predicted molar refractivity (Wildman–Crippen MR) is 85.3 cm³/mol. The van der Waals surface area contributed by atoms with Crippen LogP contribution in [0.4, 0.5) is 0 Å². The first-order chi connectivity index (χ1) is 9.72. The molecule has 0 saturated heterocycles. The van der Waals surface area contributed by atoms with Crippen LogP contribution < -0.4 is 4.72 Å². The molecule has 0 atom stereocenters. The molecule has 0 aliphatic heterocycles. The number of carbonyl (C=O) groups is 1. The molecule has 9 heteroatoms. The van der Waals surface area contributed by atoms with Crippen LogP contribution in [0.1, 0.15) is 6.92 Å². The molecule has 0 fully saturated rings. The van der Waals surface area contributed by atoms with E-state index in [1.54, 1.807) is 11.0 Å². The highest BCUT2D eigenvalue weighted by molar-refractivity contribution is 7.91. The monoisotopic (exact) mass is 353 g/mol. The van der Waals surface area contributed by atoms with Gasteiger partial charge in [0.25, 0.3) is 0 Å². The van der Waals surface area contributed by atoms with Crippen molar-refractivity contribution in [2.24, 2.45) is 0 Å². The molecule has 1 heterocycles. The van der Waals surface area contributed by atoms with Gasteiger partial charge in [-0.05, 0) is 26.2 Å². The molecule has 0 bridgehead atoms. The maximum atomic E-state index is 12.0. The van der Waals surface area contributed by atoms with Gasteiger partial charge in [-0.1, -0.05) is 11.6 Å². The topological polar surface area (TPSA) is 69.7 Å². The molecule has 1 aromatic heterocycles. The van der Waals surface area contributed by atoms with Gasteiger partial charge in [0, 0.05) is 33.1 Å². The lowest BCUT2D eigenvalue weighted by Crippen LogP contribution is -2.40. The molecule has 0 spiro atoms. The smallest absolute Gasteiger partial charge is 0.250 e. The van der Waals surface area contributed by atoms with E-state index in [1.165, 1.54) is 13.0 Å². The summed E-state index contributed by atoms with van der Waals surface area (Å²) >= 11 is 6.73. The van der Waals surface area contributed by atoms with E-state index in [0.717, 1.165) is 17.9 Å². The van der Waals surface area contributed by atoms with Gasteiger partial charge < -0.3 is 9.80 Å². The van der Waals surface area contributed by atoms with Crippen LogP contribution in [0, 0.1) is 0 Å². The number of hydrogen-bond donors (Lipinski definition) is 1. The van der Waals surface area contributed by atoms with Crippen molar-refractivity contribution in [1.29, 1.82) is 0 Å². The Kier molecular flexibility index (Phi) is 7.08. The maximum Gasteiger partial charge on any atom is 0.250 e. The molecule has 0 radical (unpaired) electrons. The molecule has 0 unspecified atom stereocenters. The van der Waals surface area contributed by atoms with Crippen LogP contribution in [0.5, 0.6) is 0 Å². The summed E-state index contributed by atoms with van der Waals surface area (Å²) in [7, 11) is 0.280. The Bertz CT molecular complexity index is 572. The molecule has 1 N–H and O–H groups in total. The first-order valence-corrected chi connectivity index (χ1v) is 9.05. The lowest BCUT2D eigenvalue weighted by Gasteiger charge is -2.23. The number of halogens is 1. The van der Waals surface area contributed by atoms with Crippen molar-refractivity contribution in [3.63, 3.8) is 0 Å². The number of amides is 1. The van der Waals surface area contributed by atoms with Gasteiger partial charge in [0.1, 0.15) is 4.21 Å². The van der Waals surface area contributed by atoms with Gasteiger partial charge in [0.2, 0.25) is 15.9 Å². The number of nitrogens with one attached hydrogen (secondary N) is 1. The highest BCUT2D eigenvalue weighted by atomic mass is 35.5. The summed E-state index contributed by atoms with van der Waals surface area (Å²) in [6.45, 7) is 3.28. The summed E-state index contributed by atoms with van der Waals surface area (Å²) < 4.78 is 27.1. The zero-order valence-electron chi connectivity index (χ0n) is 12.3. The zero-order chi connectivity index (χ0) is 16.0. The summed E-state index contributed by atoms with van der Waals surface area (Å²) in [4.78, 5) is 15.1. The second kappa shape index (κ2) is 8.09. The van der Waals surface area contributed by atoms with Crippen molar-refractivity contribution in [2.45, 2.75) is 11.1 Å². The molecule has 6 nitrogen and oxygen atoms in total. The van der Waals surface area contributed by atoms with Gasteiger partial charge in [-0.2, -0.15) is 0 Å². The average molecular weight is 354 g/mol. The minimum Gasteiger partial charge on any atom is -0.340 e. The van der Waals surface area contributed by atoms with Crippen LogP contribution >= 0.6 is 22.9 Å². The van der Waals surface area contributed by atoms with Gasteiger partial charge >= 0.3 is 0 Å². The van der Waals surface area contributed by atoms with Crippen LogP contribution in [0.2, 0.25) is 4.34 Å². The molecular weight excluding hydrogens is 334 g/mol. The zero-order valence-corrected chi connectivity index (χ0v) is 14.7. The minimum absolute atomic E-state index is 0.0739. The molecule has 1 aromatic rings. The largest absolute Gasteiger partial charge is 0.340 e. The highest BCUT2D eigenvalue weighted by Crippen LogP contribution is 2.25. The third-order valence-electron chi connectivity index (χ3n) is 2.75. The Morgan fingerprint density at radius 1 is 1.29 bits per heavy atom. The molecular formula is C12H20ClN3O3S2. The fourth-order valence-corrected chi connectivity index (χ4v) is 4.12.